The summed E-state index contributed by atoms with van der Waals surface area (Å²) in [6.07, 6.45) is 1.74. The topological polar surface area (TPSA) is 102 Å². The van der Waals surface area contributed by atoms with Crippen LogP contribution in [0.15, 0.2) is 35.5 Å². The zero-order valence-electron chi connectivity index (χ0n) is 14.2. The van der Waals surface area contributed by atoms with Gasteiger partial charge in [0.25, 0.3) is 0 Å². The van der Waals surface area contributed by atoms with Crippen LogP contribution in [-0.4, -0.2) is 71.9 Å². The van der Waals surface area contributed by atoms with Crippen LogP contribution in [-0.2, 0) is 14.8 Å². The lowest BCUT2D eigenvalue weighted by Crippen LogP contribution is -2.47. The number of tetrazole rings is 1. The summed E-state index contributed by atoms with van der Waals surface area (Å²) in [6.45, 7) is 6.65. The lowest BCUT2D eigenvalue weighted by atomic mass is 10.2. The summed E-state index contributed by atoms with van der Waals surface area (Å²) < 4.78 is 34.8. The quantitative estimate of drug-likeness (QED) is 0.770. The van der Waals surface area contributed by atoms with Crippen LogP contribution in [0.5, 0.6) is 0 Å². The molecular formula is C15H22N6O3S. The van der Waals surface area contributed by atoms with Crippen molar-refractivity contribution in [2.45, 2.75) is 31.0 Å². The van der Waals surface area contributed by atoms with Gasteiger partial charge in [0.05, 0.1) is 22.8 Å². The molecular weight excluding hydrogens is 344 g/mol. The molecule has 25 heavy (non-hydrogen) atoms. The number of benzene rings is 1. The van der Waals surface area contributed by atoms with Crippen molar-refractivity contribution in [3.8, 4) is 5.69 Å². The first kappa shape index (κ1) is 17.9. The van der Waals surface area contributed by atoms with Gasteiger partial charge in [-0.3, -0.25) is 4.90 Å². The van der Waals surface area contributed by atoms with Crippen LogP contribution < -0.4 is 4.72 Å². The molecule has 0 unspecified atom stereocenters. The molecule has 9 nitrogen and oxygen atoms in total. The fourth-order valence-electron chi connectivity index (χ4n) is 2.96. The van der Waals surface area contributed by atoms with Crippen LogP contribution in [0.3, 0.4) is 0 Å². The summed E-state index contributed by atoms with van der Waals surface area (Å²) >= 11 is 0. The van der Waals surface area contributed by atoms with E-state index in [-0.39, 0.29) is 17.1 Å². The average Bonchev–Trinajstić information content (AvgIpc) is 3.08. The number of rotatable bonds is 6. The normalized spacial score (nSPS) is 22.2. The van der Waals surface area contributed by atoms with Crippen molar-refractivity contribution in [2.24, 2.45) is 0 Å². The Balaban J connectivity index is 1.61. The van der Waals surface area contributed by atoms with Crippen LogP contribution >= 0.6 is 0 Å². The van der Waals surface area contributed by atoms with E-state index in [2.05, 4.69) is 25.1 Å². The highest BCUT2D eigenvalue weighted by molar-refractivity contribution is 7.89. The van der Waals surface area contributed by atoms with Gasteiger partial charge in [-0.25, -0.2) is 17.8 Å². The van der Waals surface area contributed by atoms with Crippen molar-refractivity contribution in [3.63, 3.8) is 0 Å². The molecule has 136 valence electrons. The maximum Gasteiger partial charge on any atom is 0.240 e. The van der Waals surface area contributed by atoms with Crippen LogP contribution in [0.25, 0.3) is 5.69 Å². The van der Waals surface area contributed by atoms with E-state index in [1.165, 1.54) is 17.1 Å². The number of sulfonamides is 1. The molecule has 1 fully saturated rings. The van der Waals surface area contributed by atoms with Gasteiger partial charge in [-0.15, -0.1) is 5.10 Å². The Kier molecular flexibility index (Phi) is 5.42. The van der Waals surface area contributed by atoms with E-state index in [4.69, 9.17) is 4.74 Å². The second-order valence-corrected chi connectivity index (χ2v) is 7.93. The minimum absolute atomic E-state index is 0.160. The number of ether oxygens (including phenoxy) is 1. The largest absolute Gasteiger partial charge is 0.373 e. The monoisotopic (exact) mass is 366 g/mol. The summed E-state index contributed by atoms with van der Waals surface area (Å²) in [5, 5.41) is 10.9. The molecule has 1 aliphatic rings. The van der Waals surface area contributed by atoms with E-state index in [1.54, 1.807) is 18.2 Å². The van der Waals surface area contributed by atoms with Crippen LogP contribution in [0.1, 0.15) is 13.8 Å². The minimum atomic E-state index is -3.59. The van der Waals surface area contributed by atoms with E-state index in [0.29, 0.717) is 18.8 Å². The molecule has 0 saturated carbocycles. The Morgan fingerprint density at radius 2 is 2.04 bits per heavy atom. The van der Waals surface area contributed by atoms with Gasteiger partial charge >= 0.3 is 0 Å². The maximum absolute atomic E-state index is 12.5. The van der Waals surface area contributed by atoms with Gasteiger partial charge in [0.15, 0.2) is 0 Å². The molecule has 2 heterocycles. The highest BCUT2D eigenvalue weighted by Crippen LogP contribution is 2.14. The first-order valence-electron chi connectivity index (χ1n) is 8.15. The van der Waals surface area contributed by atoms with E-state index < -0.39 is 10.0 Å². The Labute approximate surface area is 147 Å². The molecule has 0 spiro atoms. The van der Waals surface area contributed by atoms with E-state index >= 15 is 0 Å². The predicted octanol–water partition coefficient (Wildman–Crippen LogP) is 0.0498. The van der Waals surface area contributed by atoms with Gasteiger partial charge in [-0.1, -0.05) is 6.07 Å². The van der Waals surface area contributed by atoms with Crippen LogP contribution in [0.4, 0.5) is 0 Å². The molecule has 1 N–H and O–H groups in total. The van der Waals surface area contributed by atoms with Gasteiger partial charge in [0.1, 0.15) is 6.33 Å². The van der Waals surface area contributed by atoms with Crippen LogP contribution in [0, 0.1) is 0 Å². The molecule has 1 aromatic heterocycles. The minimum Gasteiger partial charge on any atom is -0.373 e. The molecule has 1 saturated heterocycles. The summed E-state index contributed by atoms with van der Waals surface area (Å²) in [6, 6.07) is 6.50. The molecule has 2 aromatic rings. The zero-order valence-corrected chi connectivity index (χ0v) is 15.1. The smallest absolute Gasteiger partial charge is 0.240 e. The van der Waals surface area contributed by atoms with Gasteiger partial charge in [0.2, 0.25) is 10.0 Å². The van der Waals surface area contributed by atoms with Crippen molar-refractivity contribution in [1.29, 1.82) is 0 Å². The third kappa shape index (κ3) is 4.60. The molecule has 3 rings (SSSR count). The summed E-state index contributed by atoms with van der Waals surface area (Å²) in [4.78, 5) is 2.39. The third-order valence-electron chi connectivity index (χ3n) is 3.96. The van der Waals surface area contributed by atoms with Crippen LogP contribution in [0.2, 0.25) is 0 Å². The second kappa shape index (κ2) is 7.56. The zero-order chi connectivity index (χ0) is 17.9. The lowest BCUT2D eigenvalue weighted by molar-refractivity contribution is -0.0671. The van der Waals surface area contributed by atoms with Gasteiger partial charge < -0.3 is 4.74 Å². The summed E-state index contributed by atoms with van der Waals surface area (Å²) in [5.74, 6) is 0. The number of aromatic nitrogens is 4. The Hall–Kier alpha value is -1.88. The average molecular weight is 366 g/mol. The predicted molar refractivity (Wildman–Crippen MR) is 90.8 cm³/mol. The highest BCUT2D eigenvalue weighted by Gasteiger charge is 2.22. The molecule has 2 atom stereocenters. The molecule has 0 aliphatic carbocycles. The maximum atomic E-state index is 12.5. The molecule has 0 radical (unpaired) electrons. The molecule has 0 bridgehead atoms. The van der Waals surface area contributed by atoms with Gasteiger partial charge in [-0.2, -0.15) is 0 Å². The Bertz CT molecular complexity index is 785. The van der Waals surface area contributed by atoms with E-state index in [1.807, 2.05) is 13.8 Å². The van der Waals surface area contributed by atoms with Crippen molar-refractivity contribution < 1.29 is 13.2 Å². The van der Waals surface area contributed by atoms with Crippen molar-refractivity contribution in [1.82, 2.24) is 29.8 Å². The molecule has 1 aromatic carbocycles. The summed E-state index contributed by atoms with van der Waals surface area (Å²) in [7, 11) is -3.59. The Morgan fingerprint density at radius 1 is 1.28 bits per heavy atom. The number of nitrogens with one attached hydrogen (secondary N) is 1. The summed E-state index contributed by atoms with van der Waals surface area (Å²) in [5.41, 5.74) is 0.587. The molecule has 1 aliphatic heterocycles. The first-order valence-corrected chi connectivity index (χ1v) is 9.63. The Morgan fingerprint density at radius 3 is 2.72 bits per heavy atom. The van der Waals surface area contributed by atoms with Crippen molar-refractivity contribution in [2.75, 3.05) is 26.2 Å². The van der Waals surface area contributed by atoms with Gasteiger partial charge in [-0.05, 0) is 42.5 Å². The molecule has 0 amide bonds. The van der Waals surface area contributed by atoms with E-state index in [0.717, 1.165) is 13.1 Å². The van der Waals surface area contributed by atoms with Gasteiger partial charge in [0, 0.05) is 26.2 Å². The second-order valence-electron chi connectivity index (χ2n) is 6.17. The number of nitrogens with zero attached hydrogens (tertiary/aromatic N) is 5. The standard InChI is InChI=1S/C15H22N6O3S/c1-12-9-20(10-13(2)24-12)7-6-17-25(22,23)15-5-3-4-14(8-15)21-11-16-18-19-21/h3-5,8,11-13,17H,6-7,9-10H2,1-2H3/t12-,13+. The lowest BCUT2D eigenvalue weighted by Gasteiger charge is -2.35. The third-order valence-corrected chi connectivity index (χ3v) is 5.42. The number of hydrogen-bond acceptors (Lipinski definition) is 7. The van der Waals surface area contributed by atoms with E-state index in [9.17, 15) is 8.42 Å². The van der Waals surface area contributed by atoms with Crippen molar-refractivity contribution >= 4 is 10.0 Å². The first-order chi connectivity index (χ1) is 11.9. The fraction of sp³-hybridized carbons (Fsp3) is 0.533. The number of morpholine rings is 1. The van der Waals surface area contributed by atoms with Crippen molar-refractivity contribution in [3.05, 3.63) is 30.6 Å². The number of hydrogen-bond donors (Lipinski definition) is 1. The molecule has 10 heteroatoms. The fourth-order valence-corrected chi connectivity index (χ4v) is 4.02. The highest BCUT2D eigenvalue weighted by atomic mass is 32.2. The SMILES string of the molecule is C[C@@H]1CN(CCNS(=O)(=O)c2cccc(-n3cnnn3)c2)C[C@H](C)O1.